The Bertz CT molecular complexity index is 2910. The third-order valence-electron chi connectivity index (χ3n) is 10.5. The molecule has 0 radical (unpaired) electrons. The number of anilines is 3. The summed E-state index contributed by atoms with van der Waals surface area (Å²) in [6.45, 7) is 0. The number of nitrogens with zero attached hydrogens (tertiary/aromatic N) is 1. The Morgan fingerprint density at radius 1 is 0.315 bits per heavy atom. The van der Waals surface area contributed by atoms with Crippen molar-refractivity contribution in [3.63, 3.8) is 0 Å². The monoisotopic (exact) mass is 689 g/mol. The molecule has 0 aliphatic rings. The van der Waals surface area contributed by atoms with E-state index in [1.54, 1.807) is 0 Å². The van der Waals surface area contributed by atoms with Gasteiger partial charge >= 0.3 is 0 Å². The van der Waals surface area contributed by atoms with E-state index in [9.17, 15) is 0 Å². The number of fused-ring (bicyclic) bond motifs is 4. The standard InChI is InChI=1S/C52H35NO/c1-4-15-37(16-5-1)44-32-29-41(33-48(44)38-17-6-2-7-18-38)36-27-30-43(31-28-36)53(42-21-8-3-9-22-42)50-26-13-12-23-45(50)46-24-14-25-47-49-34-39-19-10-11-20-40(39)35-51(49)54-52(46)47/h1-35H. The van der Waals surface area contributed by atoms with E-state index < -0.39 is 0 Å². The molecule has 0 fully saturated rings. The topological polar surface area (TPSA) is 16.4 Å². The summed E-state index contributed by atoms with van der Waals surface area (Å²) in [4.78, 5) is 2.35. The van der Waals surface area contributed by atoms with Crippen LogP contribution in [-0.4, -0.2) is 0 Å². The van der Waals surface area contributed by atoms with Crippen LogP contribution in [0.25, 0.3) is 77.2 Å². The van der Waals surface area contributed by atoms with Crippen LogP contribution in [0.5, 0.6) is 0 Å². The molecule has 254 valence electrons. The van der Waals surface area contributed by atoms with E-state index in [4.69, 9.17) is 4.42 Å². The molecule has 0 amide bonds. The molecule has 10 aromatic rings. The van der Waals surface area contributed by atoms with Gasteiger partial charge in [0.1, 0.15) is 11.2 Å². The Morgan fingerprint density at radius 3 is 1.63 bits per heavy atom. The van der Waals surface area contributed by atoms with Crippen molar-refractivity contribution in [2.45, 2.75) is 0 Å². The van der Waals surface area contributed by atoms with Gasteiger partial charge in [-0.25, -0.2) is 0 Å². The van der Waals surface area contributed by atoms with Crippen LogP contribution in [0.4, 0.5) is 17.1 Å². The van der Waals surface area contributed by atoms with Gasteiger partial charge in [0.2, 0.25) is 0 Å². The third kappa shape index (κ3) is 5.62. The van der Waals surface area contributed by atoms with Crippen LogP contribution >= 0.6 is 0 Å². The molecule has 0 spiro atoms. The zero-order chi connectivity index (χ0) is 35.8. The van der Waals surface area contributed by atoms with Crippen molar-refractivity contribution < 1.29 is 4.42 Å². The van der Waals surface area contributed by atoms with E-state index in [1.807, 2.05) is 0 Å². The van der Waals surface area contributed by atoms with Crippen LogP contribution in [0.15, 0.2) is 217 Å². The van der Waals surface area contributed by atoms with Crippen LogP contribution in [0.1, 0.15) is 0 Å². The van der Waals surface area contributed by atoms with Gasteiger partial charge in [0.05, 0.1) is 5.69 Å². The van der Waals surface area contributed by atoms with E-state index >= 15 is 0 Å². The van der Waals surface area contributed by atoms with Crippen molar-refractivity contribution in [1.82, 2.24) is 0 Å². The summed E-state index contributed by atoms with van der Waals surface area (Å²) < 4.78 is 6.72. The molecular formula is C52H35NO. The first kappa shape index (κ1) is 31.6. The van der Waals surface area contributed by atoms with Crippen molar-refractivity contribution in [2.24, 2.45) is 0 Å². The fraction of sp³-hybridized carbons (Fsp3) is 0. The molecule has 54 heavy (non-hydrogen) atoms. The van der Waals surface area contributed by atoms with E-state index in [0.29, 0.717) is 0 Å². The van der Waals surface area contributed by atoms with Gasteiger partial charge in [-0.1, -0.05) is 164 Å². The Morgan fingerprint density at radius 2 is 0.889 bits per heavy atom. The lowest BCUT2D eigenvalue weighted by Crippen LogP contribution is -2.11. The maximum atomic E-state index is 6.72. The minimum atomic E-state index is 0.895. The average molecular weight is 690 g/mol. The lowest BCUT2D eigenvalue weighted by Gasteiger charge is -2.28. The Balaban J connectivity index is 1.09. The second kappa shape index (κ2) is 13.4. The highest BCUT2D eigenvalue weighted by atomic mass is 16.3. The molecule has 0 bridgehead atoms. The number of hydrogen-bond donors (Lipinski definition) is 0. The molecule has 0 atom stereocenters. The van der Waals surface area contributed by atoms with Gasteiger partial charge in [0.25, 0.3) is 0 Å². The van der Waals surface area contributed by atoms with Crippen molar-refractivity contribution in [1.29, 1.82) is 0 Å². The third-order valence-corrected chi connectivity index (χ3v) is 10.5. The summed E-state index contributed by atoms with van der Waals surface area (Å²) >= 11 is 0. The van der Waals surface area contributed by atoms with E-state index in [-0.39, 0.29) is 0 Å². The summed E-state index contributed by atoms with van der Waals surface area (Å²) in [7, 11) is 0. The molecule has 0 aliphatic heterocycles. The maximum absolute atomic E-state index is 6.72. The molecule has 10 rings (SSSR count). The van der Waals surface area contributed by atoms with E-state index in [0.717, 1.165) is 55.7 Å². The highest BCUT2D eigenvalue weighted by Crippen LogP contribution is 2.45. The SMILES string of the molecule is c1ccc(-c2ccc(-c3ccc(N(c4ccccc4)c4ccccc4-c4cccc5c4oc4cc6ccccc6cc45)cc3)cc2-c2ccccc2)cc1. The van der Waals surface area contributed by atoms with Crippen LogP contribution in [0, 0.1) is 0 Å². The second-order valence-corrected chi connectivity index (χ2v) is 13.7. The number of benzene rings is 9. The Labute approximate surface area is 314 Å². The molecule has 0 unspecified atom stereocenters. The van der Waals surface area contributed by atoms with Crippen molar-refractivity contribution in [3.8, 4) is 44.5 Å². The molecule has 0 N–H and O–H groups in total. The van der Waals surface area contributed by atoms with Gasteiger partial charge in [0.15, 0.2) is 0 Å². The average Bonchev–Trinajstić information content (AvgIpc) is 3.62. The highest BCUT2D eigenvalue weighted by Gasteiger charge is 2.20. The summed E-state index contributed by atoms with van der Waals surface area (Å²) in [6.07, 6.45) is 0. The summed E-state index contributed by atoms with van der Waals surface area (Å²) in [5.41, 5.74) is 14.4. The maximum Gasteiger partial charge on any atom is 0.143 e. The van der Waals surface area contributed by atoms with Crippen molar-refractivity contribution in [3.05, 3.63) is 212 Å². The number of para-hydroxylation sites is 3. The fourth-order valence-electron chi connectivity index (χ4n) is 7.85. The second-order valence-electron chi connectivity index (χ2n) is 13.7. The first-order chi connectivity index (χ1) is 26.8. The van der Waals surface area contributed by atoms with Crippen LogP contribution in [0.2, 0.25) is 0 Å². The molecule has 0 aliphatic carbocycles. The van der Waals surface area contributed by atoms with Crippen molar-refractivity contribution >= 4 is 49.8 Å². The molecule has 2 nitrogen and oxygen atoms in total. The lowest BCUT2D eigenvalue weighted by atomic mass is 9.91. The van der Waals surface area contributed by atoms with E-state index in [1.165, 1.54) is 38.6 Å². The van der Waals surface area contributed by atoms with Gasteiger partial charge < -0.3 is 9.32 Å². The zero-order valence-electron chi connectivity index (χ0n) is 29.6. The van der Waals surface area contributed by atoms with Gasteiger partial charge in [-0.2, -0.15) is 0 Å². The number of rotatable bonds is 7. The lowest BCUT2D eigenvalue weighted by molar-refractivity contribution is 0.670. The predicted octanol–water partition coefficient (Wildman–Crippen LogP) is 14.9. The number of furan rings is 1. The minimum absolute atomic E-state index is 0.895. The van der Waals surface area contributed by atoms with Gasteiger partial charge in [-0.05, 0) is 92.7 Å². The minimum Gasteiger partial charge on any atom is -0.455 e. The molecule has 1 aromatic heterocycles. The smallest absolute Gasteiger partial charge is 0.143 e. The van der Waals surface area contributed by atoms with Gasteiger partial charge in [-0.3, -0.25) is 0 Å². The molecular weight excluding hydrogens is 655 g/mol. The quantitative estimate of drug-likeness (QED) is 0.166. The first-order valence-corrected chi connectivity index (χ1v) is 18.4. The Kier molecular flexibility index (Phi) is 7.85. The van der Waals surface area contributed by atoms with Crippen molar-refractivity contribution in [2.75, 3.05) is 4.90 Å². The summed E-state index contributed by atoms with van der Waals surface area (Å²) in [5, 5.41) is 4.63. The van der Waals surface area contributed by atoms with E-state index in [2.05, 4.69) is 217 Å². The van der Waals surface area contributed by atoms with Crippen LogP contribution < -0.4 is 4.90 Å². The molecule has 2 heteroatoms. The molecule has 0 saturated carbocycles. The molecule has 1 heterocycles. The van der Waals surface area contributed by atoms with Crippen LogP contribution in [0.3, 0.4) is 0 Å². The summed E-state index contributed by atoms with van der Waals surface area (Å²) in [6, 6.07) is 75.7. The first-order valence-electron chi connectivity index (χ1n) is 18.4. The molecule has 0 saturated heterocycles. The van der Waals surface area contributed by atoms with Crippen LogP contribution in [-0.2, 0) is 0 Å². The predicted molar refractivity (Wildman–Crippen MR) is 228 cm³/mol. The van der Waals surface area contributed by atoms with Gasteiger partial charge in [-0.15, -0.1) is 0 Å². The highest BCUT2D eigenvalue weighted by molar-refractivity contribution is 6.14. The fourth-order valence-corrected chi connectivity index (χ4v) is 7.85. The number of hydrogen-bond acceptors (Lipinski definition) is 2. The van der Waals surface area contributed by atoms with Gasteiger partial charge in [0, 0.05) is 33.3 Å². The zero-order valence-corrected chi connectivity index (χ0v) is 29.6. The molecule has 9 aromatic carbocycles. The normalized spacial score (nSPS) is 11.3. The Hall–Kier alpha value is -7.16. The largest absolute Gasteiger partial charge is 0.455 e. The summed E-state index contributed by atoms with van der Waals surface area (Å²) in [5.74, 6) is 0.